The first kappa shape index (κ1) is 28.7. The molecule has 1 aliphatic rings. The zero-order valence-corrected chi connectivity index (χ0v) is 23.3. The van der Waals surface area contributed by atoms with Crippen LogP contribution in [0.3, 0.4) is 0 Å². The Hall–Kier alpha value is -4.78. The van der Waals surface area contributed by atoms with E-state index in [1.54, 1.807) is 19.1 Å². The van der Waals surface area contributed by atoms with Crippen LogP contribution in [0.5, 0.6) is 0 Å². The van der Waals surface area contributed by atoms with Gasteiger partial charge in [0.25, 0.3) is 0 Å². The molecule has 0 bridgehead atoms. The van der Waals surface area contributed by atoms with Crippen molar-refractivity contribution in [1.82, 2.24) is 25.0 Å². The number of anilines is 2. The van der Waals surface area contributed by atoms with Crippen molar-refractivity contribution >= 4 is 22.3 Å². The van der Waals surface area contributed by atoms with Crippen molar-refractivity contribution in [3.8, 4) is 12.1 Å². The molecule has 0 amide bonds. The SMILES string of the molecule is Cc1nc(F)ccc1C(Nc1cc(C#N)c2ncc(C#N)c(NCC(C)(C)C)c2c1)c1cn(C2(C(F)(F)F)CC2)nn1. The fourth-order valence-corrected chi connectivity index (χ4v) is 4.80. The van der Waals surface area contributed by atoms with Crippen LogP contribution in [0.2, 0.25) is 0 Å². The number of alkyl halides is 3. The van der Waals surface area contributed by atoms with Crippen LogP contribution in [-0.2, 0) is 5.54 Å². The van der Waals surface area contributed by atoms with Gasteiger partial charge in [0.2, 0.25) is 5.95 Å². The second kappa shape index (κ2) is 10.2. The lowest BCUT2D eigenvalue weighted by Crippen LogP contribution is -2.35. The van der Waals surface area contributed by atoms with Gasteiger partial charge in [-0.3, -0.25) is 4.98 Å². The predicted octanol–water partition coefficient (Wildman–Crippen LogP) is 6.12. The van der Waals surface area contributed by atoms with Crippen LogP contribution in [0.25, 0.3) is 10.9 Å². The maximum Gasteiger partial charge on any atom is 0.413 e. The maximum atomic E-state index is 13.9. The quantitative estimate of drug-likeness (QED) is 0.199. The fraction of sp³-hybridized carbons (Fsp3) is 0.379. The van der Waals surface area contributed by atoms with Gasteiger partial charge >= 0.3 is 6.18 Å². The summed E-state index contributed by atoms with van der Waals surface area (Å²) in [5.41, 5.74) is 0.428. The zero-order chi connectivity index (χ0) is 30.4. The molecule has 13 heteroatoms. The smallest absolute Gasteiger partial charge is 0.383 e. The van der Waals surface area contributed by atoms with Gasteiger partial charge in [-0.15, -0.1) is 5.10 Å². The van der Waals surface area contributed by atoms with Crippen molar-refractivity contribution in [2.24, 2.45) is 5.41 Å². The zero-order valence-electron chi connectivity index (χ0n) is 23.3. The fourth-order valence-electron chi connectivity index (χ4n) is 4.80. The number of halogens is 4. The van der Waals surface area contributed by atoms with Gasteiger partial charge in [-0.1, -0.05) is 32.1 Å². The summed E-state index contributed by atoms with van der Waals surface area (Å²) in [5, 5.41) is 34.7. The molecule has 1 atom stereocenters. The number of hydrogen-bond donors (Lipinski definition) is 2. The number of fused-ring (bicyclic) bond motifs is 1. The van der Waals surface area contributed by atoms with Crippen molar-refractivity contribution in [2.75, 3.05) is 17.2 Å². The molecule has 3 heterocycles. The number of hydrogen-bond acceptors (Lipinski definition) is 8. The minimum Gasteiger partial charge on any atom is -0.383 e. The van der Waals surface area contributed by atoms with E-state index in [-0.39, 0.29) is 35.1 Å². The number of aromatic nitrogens is 5. The highest BCUT2D eigenvalue weighted by molar-refractivity contribution is 5.99. The van der Waals surface area contributed by atoms with Crippen molar-refractivity contribution < 1.29 is 17.6 Å². The first-order valence-corrected chi connectivity index (χ1v) is 13.2. The molecular weight excluding hydrogens is 550 g/mol. The number of nitrogens with zero attached hydrogens (tertiary/aromatic N) is 7. The summed E-state index contributed by atoms with van der Waals surface area (Å²) in [5.74, 6) is -0.713. The summed E-state index contributed by atoms with van der Waals surface area (Å²) < 4.78 is 56.2. The van der Waals surface area contributed by atoms with Crippen LogP contribution in [-0.4, -0.2) is 37.7 Å². The third kappa shape index (κ3) is 5.30. The number of aryl methyl sites for hydroxylation is 1. The second-order valence-corrected chi connectivity index (χ2v) is 11.6. The summed E-state index contributed by atoms with van der Waals surface area (Å²) in [6, 6.07) is 9.25. The Morgan fingerprint density at radius 2 is 1.81 bits per heavy atom. The second-order valence-electron chi connectivity index (χ2n) is 11.6. The van der Waals surface area contributed by atoms with E-state index in [4.69, 9.17) is 0 Å². The van der Waals surface area contributed by atoms with Crippen LogP contribution in [0.1, 0.15) is 67.7 Å². The van der Waals surface area contributed by atoms with Crippen LogP contribution in [0, 0.1) is 40.9 Å². The van der Waals surface area contributed by atoms with Crippen LogP contribution in [0.4, 0.5) is 28.9 Å². The number of nitrogens with one attached hydrogen (secondary N) is 2. The number of benzene rings is 1. The Balaban J connectivity index is 1.64. The molecule has 9 nitrogen and oxygen atoms in total. The van der Waals surface area contributed by atoms with Crippen LogP contribution >= 0.6 is 0 Å². The van der Waals surface area contributed by atoms with Crippen LogP contribution in [0.15, 0.2) is 36.7 Å². The van der Waals surface area contributed by atoms with Crippen LogP contribution < -0.4 is 10.6 Å². The summed E-state index contributed by atoms with van der Waals surface area (Å²) in [7, 11) is 0. The predicted molar refractivity (Wildman–Crippen MR) is 147 cm³/mol. The van der Waals surface area contributed by atoms with E-state index in [9.17, 15) is 28.1 Å². The van der Waals surface area contributed by atoms with Gasteiger partial charge in [-0.25, -0.2) is 9.67 Å². The molecular formula is C29H27F4N9. The lowest BCUT2D eigenvalue weighted by molar-refractivity contribution is -0.182. The summed E-state index contributed by atoms with van der Waals surface area (Å²) in [6.07, 6.45) is -2.08. The average molecular weight is 578 g/mol. The molecule has 2 N–H and O–H groups in total. The van der Waals surface area contributed by atoms with Gasteiger partial charge in [-0.05, 0) is 43.4 Å². The lowest BCUT2D eigenvalue weighted by atomic mass is 9.96. The van der Waals surface area contributed by atoms with Gasteiger partial charge in [0.1, 0.15) is 17.8 Å². The topological polar surface area (TPSA) is 128 Å². The molecule has 216 valence electrons. The first-order valence-electron chi connectivity index (χ1n) is 13.2. The molecule has 0 aliphatic heterocycles. The van der Waals surface area contributed by atoms with E-state index in [0.717, 1.165) is 10.7 Å². The Morgan fingerprint density at radius 1 is 1.10 bits per heavy atom. The van der Waals surface area contributed by atoms with Gasteiger partial charge in [-0.2, -0.15) is 28.1 Å². The first-order chi connectivity index (χ1) is 19.8. The molecule has 0 radical (unpaired) electrons. The van der Waals surface area contributed by atoms with E-state index in [1.165, 1.54) is 18.5 Å². The molecule has 4 aromatic rings. The van der Waals surface area contributed by atoms with E-state index < -0.39 is 23.7 Å². The molecule has 1 aromatic carbocycles. The molecule has 0 saturated heterocycles. The van der Waals surface area contributed by atoms with E-state index in [1.807, 2.05) is 20.8 Å². The van der Waals surface area contributed by atoms with Gasteiger partial charge in [0, 0.05) is 35.1 Å². The monoisotopic (exact) mass is 577 g/mol. The minimum atomic E-state index is -4.50. The molecule has 1 aliphatic carbocycles. The number of nitriles is 2. The van der Waals surface area contributed by atoms with Crippen molar-refractivity contribution in [2.45, 2.75) is 58.3 Å². The molecule has 1 unspecified atom stereocenters. The summed E-state index contributed by atoms with van der Waals surface area (Å²) >= 11 is 0. The molecule has 1 fully saturated rings. The van der Waals surface area contributed by atoms with Gasteiger partial charge in [0.15, 0.2) is 5.54 Å². The molecule has 1 saturated carbocycles. The highest BCUT2D eigenvalue weighted by Gasteiger charge is 2.66. The van der Waals surface area contributed by atoms with E-state index >= 15 is 0 Å². The van der Waals surface area contributed by atoms with Crippen molar-refractivity contribution in [3.05, 3.63) is 70.7 Å². The third-order valence-electron chi connectivity index (χ3n) is 7.22. The normalized spacial score (nSPS) is 15.1. The standard InChI is InChI=1S/C29H27F4N9/c1-16-20(5-6-23(30)38-16)26(22-14-42(41-40-22)28(7-8-28)29(31,32)33)39-19-9-17(11-34)24-21(10-19)25(18(12-35)13-36-24)37-15-27(2,3)4/h5-6,9-10,13-14,26,39H,7-8,15H2,1-4H3,(H,36,37). The third-order valence-corrected chi connectivity index (χ3v) is 7.22. The maximum absolute atomic E-state index is 13.9. The molecule has 42 heavy (non-hydrogen) atoms. The highest BCUT2D eigenvalue weighted by atomic mass is 19.4. The largest absolute Gasteiger partial charge is 0.413 e. The summed E-state index contributed by atoms with van der Waals surface area (Å²) in [6.45, 7) is 8.20. The molecule has 3 aromatic heterocycles. The minimum absolute atomic E-state index is 0.108. The average Bonchev–Trinajstić information content (AvgIpc) is 3.61. The number of rotatable bonds is 7. The highest BCUT2D eigenvalue weighted by Crippen LogP contribution is 2.55. The van der Waals surface area contributed by atoms with Gasteiger partial charge < -0.3 is 10.6 Å². The summed E-state index contributed by atoms with van der Waals surface area (Å²) in [4.78, 5) is 8.24. The Kier molecular flexibility index (Phi) is 7.01. The Morgan fingerprint density at radius 3 is 2.40 bits per heavy atom. The number of pyridine rings is 2. The van der Waals surface area contributed by atoms with Gasteiger partial charge in [0.05, 0.1) is 34.6 Å². The van der Waals surface area contributed by atoms with E-state index in [2.05, 4.69) is 43.1 Å². The molecule has 0 spiro atoms. The van der Waals surface area contributed by atoms with Crippen molar-refractivity contribution in [1.29, 1.82) is 10.5 Å². The van der Waals surface area contributed by atoms with E-state index in [0.29, 0.717) is 40.1 Å². The Bertz CT molecular complexity index is 1750. The Labute approximate surface area is 239 Å². The molecule has 5 rings (SSSR count). The lowest BCUT2D eigenvalue weighted by Gasteiger charge is -2.23. The van der Waals surface area contributed by atoms with Crippen molar-refractivity contribution in [3.63, 3.8) is 0 Å².